The maximum atomic E-state index is 12.9. The number of hydrogen-bond donors (Lipinski definition) is 1. The molecule has 9 heteroatoms. The van der Waals surface area contributed by atoms with Gasteiger partial charge < -0.3 is 14.0 Å². The second-order valence-corrected chi connectivity index (χ2v) is 7.99. The van der Waals surface area contributed by atoms with Gasteiger partial charge in [0.1, 0.15) is 28.7 Å². The number of carbonyl (C=O) groups excluding carboxylic acids is 1. The highest BCUT2D eigenvalue weighted by molar-refractivity contribution is 7.92. The first-order valence-corrected chi connectivity index (χ1v) is 10.1. The van der Waals surface area contributed by atoms with E-state index in [1.54, 1.807) is 37.3 Å². The highest BCUT2D eigenvalue weighted by Gasteiger charge is 2.22. The zero-order valence-electron chi connectivity index (χ0n) is 16.1. The van der Waals surface area contributed by atoms with E-state index < -0.39 is 16.0 Å². The predicted molar refractivity (Wildman–Crippen MR) is 105 cm³/mol. The molecule has 8 nitrogen and oxygen atoms in total. The van der Waals surface area contributed by atoms with Crippen LogP contribution >= 0.6 is 0 Å². The van der Waals surface area contributed by atoms with Crippen LogP contribution in [0.3, 0.4) is 0 Å². The second-order valence-electron chi connectivity index (χ2n) is 6.34. The molecule has 0 amide bonds. The Morgan fingerprint density at radius 2 is 1.83 bits per heavy atom. The van der Waals surface area contributed by atoms with Crippen molar-refractivity contribution in [2.75, 3.05) is 11.8 Å². The van der Waals surface area contributed by atoms with Gasteiger partial charge in [-0.05, 0) is 44.2 Å². The molecule has 0 aliphatic carbocycles. The van der Waals surface area contributed by atoms with Gasteiger partial charge in [-0.3, -0.25) is 4.72 Å². The van der Waals surface area contributed by atoms with E-state index in [1.807, 2.05) is 6.92 Å². The standard InChI is InChI=1S/C20H20N2O6S/c1-13-4-7-16(8-5-13)22-29(24,25)19-11-15(6-9-18(19)26-3)20(23)27-12-17-10-14(2)28-21-17/h4-11,22H,12H2,1-3H3. The van der Waals surface area contributed by atoms with Gasteiger partial charge in [0.25, 0.3) is 10.0 Å². The number of ether oxygens (including phenoxy) is 2. The highest BCUT2D eigenvalue weighted by Crippen LogP contribution is 2.27. The molecule has 3 aromatic rings. The van der Waals surface area contributed by atoms with E-state index in [0.29, 0.717) is 17.1 Å². The van der Waals surface area contributed by atoms with Crippen molar-refractivity contribution in [1.82, 2.24) is 5.16 Å². The largest absolute Gasteiger partial charge is 0.495 e. The van der Waals surface area contributed by atoms with Crippen molar-refractivity contribution in [2.45, 2.75) is 25.3 Å². The highest BCUT2D eigenvalue weighted by atomic mass is 32.2. The van der Waals surface area contributed by atoms with Crippen LogP contribution in [-0.4, -0.2) is 26.7 Å². The molecule has 0 atom stereocenters. The Bertz CT molecular complexity index is 1120. The normalized spacial score (nSPS) is 11.1. The first-order chi connectivity index (χ1) is 13.8. The molecule has 0 aliphatic rings. The summed E-state index contributed by atoms with van der Waals surface area (Å²) in [6.07, 6.45) is 0. The molecule has 1 N–H and O–H groups in total. The number of carbonyl (C=O) groups is 1. The lowest BCUT2D eigenvalue weighted by Gasteiger charge is -2.13. The van der Waals surface area contributed by atoms with Crippen LogP contribution in [0.1, 0.15) is 27.4 Å². The molecule has 0 unspecified atom stereocenters. The minimum Gasteiger partial charge on any atom is -0.495 e. The van der Waals surface area contributed by atoms with E-state index in [4.69, 9.17) is 14.0 Å². The number of sulfonamides is 1. The Balaban J connectivity index is 1.83. The monoisotopic (exact) mass is 416 g/mol. The van der Waals surface area contributed by atoms with Gasteiger partial charge in [0.05, 0.1) is 12.7 Å². The molecule has 0 saturated heterocycles. The summed E-state index contributed by atoms with van der Waals surface area (Å²) < 4.78 is 43.5. The number of benzene rings is 2. The van der Waals surface area contributed by atoms with Crippen molar-refractivity contribution in [3.8, 4) is 5.75 Å². The first kappa shape index (κ1) is 20.4. The van der Waals surface area contributed by atoms with Crippen LogP contribution in [0.2, 0.25) is 0 Å². The molecule has 0 saturated carbocycles. The molecule has 0 aliphatic heterocycles. The molecular formula is C20H20N2O6S. The van der Waals surface area contributed by atoms with Crippen molar-refractivity contribution in [3.63, 3.8) is 0 Å². The smallest absolute Gasteiger partial charge is 0.338 e. The predicted octanol–water partition coefficient (Wildman–Crippen LogP) is 3.46. The van der Waals surface area contributed by atoms with E-state index in [1.165, 1.54) is 25.3 Å². The topological polar surface area (TPSA) is 108 Å². The number of hydrogen-bond acceptors (Lipinski definition) is 7. The summed E-state index contributed by atoms with van der Waals surface area (Å²) in [7, 11) is -2.65. The Morgan fingerprint density at radius 3 is 2.45 bits per heavy atom. The van der Waals surface area contributed by atoms with Crippen molar-refractivity contribution in [3.05, 3.63) is 71.1 Å². The zero-order valence-corrected chi connectivity index (χ0v) is 16.9. The third-order valence-corrected chi connectivity index (χ3v) is 5.42. The van der Waals surface area contributed by atoms with E-state index in [0.717, 1.165) is 5.56 Å². The summed E-state index contributed by atoms with van der Waals surface area (Å²) >= 11 is 0. The number of anilines is 1. The third-order valence-electron chi connectivity index (χ3n) is 4.02. The number of rotatable bonds is 7. The van der Waals surface area contributed by atoms with Gasteiger partial charge in [-0.15, -0.1) is 0 Å². The van der Waals surface area contributed by atoms with Crippen LogP contribution in [0.4, 0.5) is 5.69 Å². The fourth-order valence-corrected chi connectivity index (χ4v) is 3.81. The average molecular weight is 416 g/mol. The van der Waals surface area contributed by atoms with E-state index in [9.17, 15) is 13.2 Å². The van der Waals surface area contributed by atoms with Gasteiger partial charge in [-0.25, -0.2) is 13.2 Å². The summed E-state index contributed by atoms with van der Waals surface area (Å²) in [5.41, 5.74) is 1.91. The molecule has 0 bridgehead atoms. The van der Waals surface area contributed by atoms with Gasteiger partial charge in [0.15, 0.2) is 0 Å². The van der Waals surface area contributed by atoms with Gasteiger partial charge in [-0.1, -0.05) is 22.9 Å². The van der Waals surface area contributed by atoms with Crippen molar-refractivity contribution < 1.29 is 27.2 Å². The maximum absolute atomic E-state index is 12.9. The fraction of sp³-hybridized carbons (Fsp3) is 0.200. The number of nitrogens with zero attached hydrogens (tertiary/aromatic N) is 1. The van der Waals surface area contributed by atoms with Crippen LogP contribution < -0.4 is 9.46 Å². The van der Waals surface area contributed by atoms with Crippen LogP contribution in [0.25, 0.3) is 0 Å². The quantitative estimate of drug-likeness (QED) is 0.588. The molecule has 0 radical (unpaired) electrons. The van der Waals surface area contributed by atoms with Crippen molar-refractivity contribution >= 4 is 21.7 Å². The Kier molecular flexibility index (Phi) is 5.88. The SMILES string of the molecule is COc1ccc(C(=O)OCc2cc(C)on2)cc1S(=O)(=O)Nc1ccc(C)cc1. The molecule has 0 fully saturated rings. The summed E-state index contributed by atoms with van der Waals surface area (Å²) in [6, 6.07) is 12.6. The average Bonchev–Trinajstić information content (AvgIpc) is 3.12. The van der Waals surface area contributed by atoms with Gasteiger partial charge in [0.2, 0.25) is 0 Å². The number of esters is 1. The summed E-state index contributed by atoms with van der Waals surface area (Å²) in [5.74, 6) is 0.00411. The Hall–Kier alpha value is -3.33. The van der Waals surface area contributed by atoms with E-state index in [-0.39, 0.29) is 22.8 Å². The zero-order chi connectivity index (χ0) is 21.0. The first-order valence-electron chi connectivity index (χ1n) is 8.65. The maximum Gasteiger partial charge on any atom is 0.338 e. The van der Waals surface area contributed by atoms with Crippen LogP contribution in [0, 0.1) is 13.8 Å². The Morgan fingerprint density at radius 1 is 1.10 bits per heavy atom. The Labute approximate surface area is 168 Å². The molecule has 1 aromatic heterocycles. The number of methoxy groups -OCH3 is 1. The third kappa shape index (κ3) is 4.94. The minimum absolute atomic E-state index is 0.0651. The van der Waals surface area contributed by atoms with Crippen LogP contribution in [0.15, 0.2) is 57.9 Å². The molecule has 2 aromatic carbocycles. The van der Waals surface area contributed by atoms with Crippen molar-refractivity contribution in [1.29, 1.82) is 0 Å². The molecule has 3 rings (SSSR count). The molecule has 1 heterocycles. The fourth-order valence-electron chi connectivity index (χ4n) is 2.55. The lowest BCUT2D eigenvalue weighted by atomic mass is 10.2. The molecule has 152 valence electrons. The summed E-state index contributed by atoms with van der Waals surface area (Å²) in [5, 5.41) is 3.74. The van der Waals surface area contributed by atoms with Crippen LogP contribution in [-0.2, 0) is 21.4 Å². The minimum atomic E-state index is -4.00. The number of aromatic nitrogens is 1. The van der Waals surface area contributed by atoms with Gasteiger partial charge in [-0.2, -0.15) is 0 Å². The molecule has 0 spiro atoms. The lowest BCUT2D eigenvalue weighted by Crippen LogP contribution is -2.15. The van der Waals surface area contributed by atoms with E-state index >= 15 is 0 Å². The second kappa shape index (κ2) is 8.36. The molecular weight excluding hydrogens is 396 g/mol. The van der Waals surface area contributed by atoms with Gasteiger partial charge in [0, 0.05) is 11.8 Å². The summed E-state index contributed by atoms with van der Waals surface area (Å²) in [4.78, 5) is 12.2. The number of aryl methyl sites for hydroxylation is 2. The number of nitrogens with one attached hydrogen (secondary N) is 1. The van der Waals surface area contributed by atoms with Crippen LogP contribution in [0.5, 0.6) is 5.75 Å². The molecule has 29 heavy (non-hydrogen) atoms. The lowest BCUT2D eigenvalue weighted by molar-refractivity contribution is 0.0464. The summed E-state index contributed by atoms with van der Waals surface area (Å²) in [6.45, 7) is 3.53. The van der Waals surface area contributed by atoms with Crippen molar-refractivity contribution in [2.24, 2.45) is 0 Å². The van der Waals surface area contributed by atoms with Gasteiger partial charge >= 0.3 is 5.97 Å². The van der Waals surface area contributed by atoms with E-state index in [2.05, 4.69) is 9.88 Å².